The lowest BCUT2D eigenvalue weighted by Gasteiger charge is -2.25. The lowest BCUT2D eigenvalue weighted by Crippen LogP contribution is -2.34. The summed E-state index contributed by atoms with van der Waals surface area (Å²) in [5.74, 6) is 0. The molecule has 0 unspecified atom stereocenters. The number of amides is 1. The van der Waals surface area contributed by atoms with Crippen LogP contribution in [0.15, 0.2) is 23.1 Å². The SMILES string of the molecule is CCCCCOS(=O)(=O)c1ccc(C)c(N(C)C(=O)OC(C)(C)C)c1. The number of hydrogen-bond acceptors (Lipinski definition) is 5. The predicted molar refractivity (Wildman–Crippen MR) is 98.5 cm³/mol. The molecule has 6 nitrogen and oxygen atoms in total. The maximum absolute atomic E-state index is 12.3. The number of anilines is 1. The number of benzene rings is 1. The minimum absolute atomic E-state index is 0.0278. The zero-order valence-electron chi connectivity index (χ0n) is 16.0. The molecule has 0 aliphatic rings. The molecule has 0 aliphatic heterocycles. The van der Waals surface area contributed by atoms with Crippen LogP contribution >= 0.6 is 0 Å². The standard InChI is InChI=1S/C18H29NO5S/c1-7-8-9-12-23-25(21,22)15-11-10-14(2)16(13-15)19(6)17(20)24-18(3,4)5/h10-11,13H,7-9,12H2,1-6H3. The van der Waals surface area contributed by atoms with Crippen molar-refractivity contribution in [3.05, 3.63) is 23.8 Å². The Kier molecular flexibility index (Phi) is 7.44. The molecule has 0 fully saturated rings. The van der Waals surface area contributed by atoms with Crippen LogP contribution in [0, 0.1) is 6.92 Å². The number of hydrogen-bond donors (Lipinski definition) is 0. The van der Waals surface area contributed by atoms with Gasteiger partial charge in [0.05, 0.1) is 17.2 Å². The Bertz CT molecular complexity index is 692. The van der Waals surface area contributed by atoms with Gasteiger partial charge in [-0.05, 0) is 51.8 Å². The molecule has 0 bridgehead atoms. The van der Waals surface area contributed by atoms with Crippen LogP contribution in [0.5, 0.6) is 0 Å². The van der Waals surface area contributed by atoms with Crippen LogP contribution in [0.1, 0.15) is 52.5 Å². The van der Waals surface area contributed by atoms with E-state index in [1.54, 1.807) is 40.8 Å². The lowest BCUT2D eigenvalue weighted by molar-refractivity contribution is 0.0589. The highest BCUT2D eigenvalue weighted by Crippen LogP contribution is 2.26. The van der Waals surface area contributed by atoms with E-state index in [1.165, 1.54) is 17.0 Å². The molecule has 142 valence electrons. The normalized spacial score (nSPS) is 12.1. The van der Waals surface area contributed by atoms with Crippen molar-refractivity contribution in [1.82, 2.24) is 0 Å². The maximum Gasteiger partial charge on any atom is 0.414 e. The highest BCUT2D eigenvalue weighted by atomic mass is 32.2. The number of unbranched alkanes of at least 4 members (excludes halogenated alkanes) is 2. The van der Waals surface area contributed by atoms with E-state index >= 15 is 0 Å². The minimum Gasteiger partial charge on any atom is -0.443 e. The van der Waals surface area contributed by atoms with E-state index in [1.807, 2.05) is 6.92 Å². The summed E-state index contributed by atoms with van der Waals surface area (Å²) in [4.78, 5) is 13.6. The molecule has 1 amide bonds. The third kappa shape index (κ3) is 6.66. The Labute approximate surface area is 151 Å². The van der Waals surface area contributed by atoms with Crippen molar-refractivity contribution in [1.29, 1.82) is 0 Å². The van der Waals surface area contributed by atoms with Gasteiger partial charge in [0.15, 0.2) is 0 Å². The summed E-state index contributed by atoms with van der Waals surface area (Å²) in [6.45, 7) is 9.31. The first-order valence-electron chi connectivity index (χ1n) is 8.44. The molecular formula is C18H29NO5S. The van der Waals surface area contributed by atoms with Crippen LogP contribution in [0.4, 0.5) is 10.5 Å². The highest BCUT2D eigenvalue weighted by molar-refractivity contribution is 7.86. The smallest absolute Gasteiger partial charge is 0.414 e. The molecule has 0 atom stereocenters. The Hall–Kier alpha value is -1.60. The fraction of sp³-hybridized carbons (Fsp3) is 0.611. The second-order valence-corrected chi connectivity index (χ2v) is 8.59. The Morgan fingerprint density at radius 3 is 2.40 bits per heavy atom. The molecule has 0 saturated heterocycles. The molecule has 1 aromatic rings. The predicted octanol–water partition coefficient (Wildman–Crippen LogP) is 4.26. The van der Waals surface area contributed by atoms with Gasteiger partial charge in [0.25, 0.3) is 10.1 Å². The number of carbonyl (C=O) groups excluding carboxylic acids is 1. The Balaban J connectivity index is 3.00. The monoisotopic (exact) mass is 371 g/mol. The molecular weight excluding hydrogens is 342 g/mol. The molecule has 25 heavy (non-hydrogen) atoms. The number of ether oxygens (including phenoxy) is 1. The maximum atomic E-state index is 12.3. The van der Waals surface area contributed by atoms with Crippen molar-refractivity contribution >= 4 is 21.9 Å². The van der Waals surface area contributed by atoms with Crippen molar-refractivity contribution in [2.24, 2.45) is 0 Å². The van der Waals surface area contributed by atoms with E-state index in [9.17, 15) is 13.2 Å². The van der Waals surface area contributed by atoms with Gasteiger partial charge in [-0.1, -0.05) is 25.8 Å². The molecule has 0 radical (unpaired) electrons. The van der Waals surface area contributed by atoms with Gasteiger partial charge in [-0.2, -0.15) is 8.42 Å². The topological polar surface area (TPSA) is 72.9 Å². The van der Waals surface area contributed by atoms with Crippen LogP contribution in [0.3, 0.4) is 0 Å². The second-order valence-electron chi connectivity index (χ2n) is 6.97. The fourth-order valence-corrected chi connectivity index (χ4v) is 3.09. The van der Waals surface area contributed by atoms with E-state index < -0.39 is 21.8 Å². The summed E-state index contributed by atoms with van der Waals surface area (Å²) in [6.07, 6.45) is 2.04. The number of aryl methyl sites for hydroxylation is 1. The lowest BCUT2D eigenvalue weighted by atomic mass is 10.2. The first-order valence-corrected chi connectivity index (χ1v) is 9.85. The van der Waals surface area contributed by atoms with Gasteiger partial charge in [0.2, 0.25) is 0 Å². The van der Waals surface area contributed by atoms with Gasteiger partial charge in [-0.3, -0.25) is 9.08 Å². The van der Waals surface area contributed by atoms with Crippen molar-refractivity contribution < 1.29 is 22.1 Å². The molecule has 0 heterocycles. The van der Waals surface area contributed by atoms with Crippen LogP contribution in [-0.4, -0.2) is 33.8 Å². The Morgan fingerprint density at radius 2 is 1.84 bits per heavy atom. The summed E-state index contributed by atoms with van der Waals surface area (Å²) < 4.78 is 35.0. The van der Waals surface area contributed by atoms with Crippen molar-refractivity contribution in [3.63, 3.8) is 0 Å². The van der Waals surface area contributed by atoms with E-state index in [-0.39, 0.29) is 11.5 Å². The van der Waals surface area contributed by atoms with Crippen molar-refractivity contribution in [3.8, 4) is 0 Å². The summed E-state index contributed by atoms with van der Waals surface area (Å²) in [5.41, 5.74) is 0.594. The average molecular weight is 371 g/mol. The van der Waals surface area contributed by atoms with Gasteiger partial charge in [0, 0.05) is 7.05 Å². The first-order chi connectivity index (χ1) is 11.5. The van der Waals surface area contributed by atoms with Crippen molar-refractivity contribution in [2.45, 2.75) is 64.4 Å². The Morgan fingerprint density at radius 1 is 1.20 bits per heavy atom. The van der Waals surface area contributed by atoms with E-state index in [0.29, 0.717) is 12.1 Å². The molecule has 0 aliphatic carbocycles. The number of carbonyl (C=O) groups is 1. The molecule has 0 spiro atoms. The van der Waals surface area contributed by atoms with Gasteiger partial charge >= 0.3 is 6.09 Å². The largest absolute Gasteiger partial charge is 0.443 e. The molecule has 0 aromatic heterocycles. The quantitative estimate of drug-likeness (QED) is 0.529. The van der Waals surface area contributed by atoms with E-state index in [4.69, 9.17) is 8.92 Å². The van der Waals surface area contributed by atoms with Crippen LogP contribution in [0.2, 0.25) is 0 Å². The van der Waals surface area contributed by atoms with Gasteiger partial charge in [-0.15, -0.1) is 0 Å². The highest BCUT2D eigenvalue weighted by Gasteiger charge is 2.23. The van der Waals surface area contributed by atoms with E-state index in [0.717, 1.165) is 18.4 Å². The van der Waals surface area contributed by atoms with Gasteiger partial charge < -0.3 is 4.74 Å². The molecule has 1 aromatic carbocycles. The summed E-state index contributed by atoms with van der Waals surface area (Å²) in [6, 6.07) is 4.57. The van der Waals surface area contributed by atoms with E-state index in [2.05, 4.69) is 0 Å². The third-order valence-corrected chi connectivity index (χ3v) is 4.79. The average Bonchev–Trinajstić information content (AvgIpc) is 2.49. The minimum atomic E-state index is -3.85. The van der Waals surface area contributed by atoms with Gasteiger partial charge in [0.1, 0.15) is 5.60 Å². The van der Waals surface area contributed by atoms with Crippen LogP contribution in [0.25, 0.3) is 0 Å². The van der Waals surface area contributed by atoms with Gasteiger partial charge in [-0.25, -0.2) is 4.79 Å². The fourth-order valence-electron chi connectivity index (χ4n) is 2.12. The number of rotatable bonds is 7. The molecule has 0 N–H and O–H groups in total. The van der Waals surface area contributed by atoms with Crippen LogP contribution < -0.4 is 4.90 Å². The molecule has 1 rings (SSSR count). The van der Waals surface area contributed by atoms with Crippen molar-refractivity contribution in [2.75, 3.05) is 18.6 Å². The molecule has 7 heteroatoms. The zero-order chi connectivity index (χ0) is 19.3. The summed E-state index contributed by atoms with van der Waals surface area (Å²) in [5, 5.41) is 0. The molecule has 0 saturated carbocycles. The third-order valence-electron chi connectivity index (χ3n) is 3.48. The number of nitrogens with zero attached hydrogens (tertiary/aromatic N) is 1. The van der Waals surface area contributed by atoms with Crippen LogP contribution in [-0.2, 0) is 19.0 Å². The second kappa shape index (κ2) is 8.67. The zero-order valence-corrected chi connectivity index (χ0v) is 16.8. The summed E-state index contributed by atoms with van der Waals surface area (Å²) in [7, 11) is -2.30. The summed E-state index contributed by atoms with van der Waals surface area (Å²) >= 11 is 0. The first kappa shape index (κ1) is 21.4.